The fourth-order valence-corrected chi connectivity index (χ4v) is 3.36. The first-order valence-corrected chi connectivity index (χ1v) is 9.86. The zero-order valence-electron chi connectivity index (χ0n) is 18.0. The number of methoxy groups -OCH3 is 2. The Bertz CT molecular complexity index is 962. The molecule has 0 aliphatic carbocycles. The van der Waals surface area contributed by atoms with Crippen molar-refractivity contribution in [2.24, 2.45) is 0 Å². The fourth-order valence-electron chi connectivity index (χ4n) is 3.36. The lowest BCUT2D eigenvalue weighted by Gasteiger charge is -2.29. The Kier molecular flexibility index (Phi) is 7.02. The van der Waals surface area contributed by atoms with E-state index in [1.54, 1.807) is 26.0 Å². The second-order valence-electron chi connectivity index (χ2n) is 6.82. The minimum atomic E-state index is -0.737. The van der Waals surface area contributed by atoms with Crippen molar-refractivity contribution >= 4 is 12.0 Å². The number of rotatable bonds is 8. The van der Waals surface area contributed by atoms with Crippen LogP contribution in [0.5, 0.6) is 17.2 Å². The summed E-state index contributed by atoms with van der Waals surface area (Å²) in [5.74, 6) is 0.744. The highest BCUT2D eigenvalue weighted by Gasteiger charge is 2.33. The molecular weight excluding hydrogens is 400 g/mol. The largest absolute Gasteiger partial charge is 0.493 e. The molecule has 8 heteroatoms. The van der Waals surface area contributed by atoms with Crippen LogP contribution in [-0.4, -0.2) is 32.8 Å². The lowest BCUT2D eigenvalue weighted by atomic mass is 9.95. The van der Waals surface area contributed by atoms with Gasteiger partial charge >= 0.3 is 12.0 Å². The number of esters is 1. The summed E-state index contributed by atoms with van der Waals surface area (Å²) in [6.45, 7) is 3.92. The Labute approximate surface area is 181 Å². The van der Waals surface area contributed by atoms with Gasteiger partial charge in [0.1, 0.15) is 6.61 Å². The van der Waals surface area contributed by atoms with Gasteiger partial charge in [0, 0.05) is 5.70 Å². The van der Waals surface area contributed by atoms with Gasteiger partial charge in [0.15, 0.2) is 11.5 Å². The van der Waals surface area contributed by atoms with Crippen LogP contribution >= 0.6 is 0 Å². The van der Waals surface area contributed by atoms with Gasteiger partial charge in [-0.2, -0.15) is 0 Å². The van der Waals surface area contributed by atoms with Gasteiger partial charge in [-0.1, -0.05) is 30.3 Å². The summed E-state index contributed by atoms with van der Waals surface area (Å²) in [5.41, 5.74) is 2.32. The third kappa shape index (κ3) is 4.91. The molecule has 1 heterocycles. The van der Waals surface area contributed by atoms with Crippen LogP contribution in [0.2, 0.25) is 0 Å². The van der Waals surface area contributed by atoms with Crippen molar-refractivity contribution in [2.75, 3.05) is 20.8 Å². The normalized spacial score (nSPS) is 15.6. The minimum absolute atomic E-state index is 0.217. The van der Waals surface area contributed by atoms with Crippen LogP contribution in [0.15, 0.2) is 53.7 Å². The summed E-state index contributed by atoms with van der Waals surface area (Å²) < 4.78 is 22.2. The number of carbonyl (C=O) groups is 2. The predicted molar refractivity (Wildman–Crippen MR) is 114 cm³/mol. The summed E-state index contributed by atoms with van der Waals surface area (Å²) in [6.07, 6.45) is 0. The van der Waals surface area contributed by atoms with Crippen molar-refractivity contribution in [3.8, 4) is 17.2 Å². The van der Waals surface area contributed by atoms with Crippen molar-refractivity contribution < 1.29 is 28.5 Å². The molecule has 0 saturated carbocycles. The summed E-state index contributed by atoms with van der Waals surface area (Å²) in [4.78, 5) is 24.7. The highest BCUT2D eigenvalue weighted by Crippen LogP contribution is 2.42. The van der Waals surface area contributed by atoms with Crippen LogP contribution in [0, 0.1) is 0 Å². The molecule has 0 radical (unpaired) electrons. The van der Waals surface area contributed by atoms with E-state index in [-0.39, 0.29) is 6.61 Å². The fraction of sp³-hybridized carbons (Fsp3) is 0.304. The van der Waals surface area contributed by atoms with E-state index < -0.39 is 18.0 Å². The highest BCUT2D eigenvalue weighted by molar-refractivity contribution is 5.95. The molecule has 164 valence electrons. The van der Waals surface area contributed by atoms with Gasteiger partial charge in [-0.3, -0.25) is 0 Å². The van der Waals surface area contributed by atoms with Crippen molar-refractivity contribution in [3.05, 3.63) is 64.9 Å². The van der Waals surface area contributed by atoms with Crippen LogP contribution in [0.1, 0.15) is 31.0 Å². The average Bonchev–Trinajstić information content (AvgIpc) is 2.77. The Balaban J connectivity index is 2.00. The number of allylic oxidation sites excluding steroid dienone is 1. The maximum absolute atomic E-state index is 12.6. The molecule has 2 aromatic rings. The monoisotopic (exact) mass is 426 g/mol. The quantitative estimate of drug-likeness (QED) is 0.628. The molecule has 2 amide bonds. The van der Waals surface area contributed by atoms with Crippen LogP contribution in [0.4, 0.5) is 4.79 Å². The van der Waals surface area contributed by atoms with Crippen molar-refractivity contribution in [2.45, 2.75) is 26.5 Å². The third-order valence-corrected chi connectivity index (χ3v) is 4.81. The van der Waals surface area contributed by atoms with Crippen LogP contribution in [0.25, 0.3) is 0 Å². The molecule has 0 bridgehead atoms. The minimum Gasteiger partial charge on any atom is -0.493 e. The van der Waals surface area contributed by atoms with Gasteiger partial charge in [-0.05, 0) is 37.1 Å². The number of carbonyl (C=O) groups excluding carboxylic acids is 2. The smallest absolute Gasteiger partial charge is 0.338 e. The second-order valence-corrected chi connectivity index (χ2v) is 6.82. The summed E-state index contributed by atoms with van der Waals surface area (Å²) in [6, 6.07) is 12.0. The zero-order chi connectivity index (χ0) is 22.4. The Morgan fingerprint density at radius 2 is 1.71 bits per heavy atom. The van der Waals surface area contributed by atoms with Crippen molar-refractivity contribution in [1.82, 2.24) is 10.6 Å². The molecule has 0 saturated heterocycles. The van der Waals surface area contributed by atoms with Gasteiger partial charge in [-0.15, -0.1) is 0 Å². The van der Waals surface area contributed by atoms with E-state index in [1.807, 2.05) is 30.3 Å². The summed E-state index contributed by atoms with van der Waals surface area (Å²) in [7, 11) is 3.03. The molecule has 1 atom stereocenters. The first-order valence-electron chi connectivity index (χ1n) is 9.86. The SMILES string of the molecule is CCOC(=O)C1=C(C)NC(=O)NC1c1cc(OC)c(OCc2ccccc2)c(OC)c1. The van der Waals surface area contributed by atoms with E-state index in [1.165, 1.54) is 14.2 Å². The Hall–Kier alpha value is -3.68. The molecule has 0 spiro atoms. The topological polar surface area (TPSA) is 95.1 Å². The van der Waals surface area contributed by atoms with Crippen LogP contribution < -0.4 is 24.8 Å². The highest BCUT2D eigenvalue weighted by atomic mass is 16.5. The molecule has 2 aromatic carbocycles. The Morgan fingerprint density at radius 3 is 2.29 bits per heavy atom. The van der Waals surface area contributed by atoms with Crippen LogP contribution in [-0.2, 0) is 16.1 Å². The molecule has 31 heavy (non-hydrogen) atoms. The summed E-state index contributed by atoms with van der Waals surface area (Å²) >= 11 is 0. The number of urea groups is 1. The van der Waals surface area contributed by atoms with Gasteiger partial charge in [0.2, 0.25) is 5.75 Å². The lowest BCUT2D eigenvalue weighted by molar-refractivity contribution is -0.139. The number of nitrogens with one attached hydrogen (secondary N) is 2. The van der Waals surface area contributed by atoms with E-state index in [0.717, 1.165) is 5.56 Å². The molecule has 3 rings (SSSR count). The first kappa shape index (κ1) is 22.0. The number of amides is 2. The number of benzene rings is 2. The van der Waals surface area contributed by atoms with Gasteiger partial charge in [-0.25, -0.2) is 9.59 Å². The molecule has 8 nitrogen and oxygen atoms in total. The molecule has 0 aromatic heterocycles. The van der Waals surface area contributed by atoms with Crippen molar-refractivity contribution in [3.63, 3.8) is 0 Å². The van der Waals surface area contributed by atoms with E-state index in [9.17, 15) is 9.59 Å². The van der Waals surface area contributed by atoms with Gasteiger partial charge < -0.3 is 29.6 Å². The lowest BCUT2D eigenvalue weighted by Crippen LogP contribution is -2.45. The number of hydrogen-bond donors (Lipinski definition) is 2. The molecule has 2 N–H and O–H groups in total. The van der Waals surface area contributed by atoms with Crippen LogP contribution in [0.3, 0.4) is 0 Å². The number of hydrogen-bond acceptors (Lipinski definition) is 6. The van der Waals surface area contributed by atoms with E-state index >= 15 is 0 Å². The van der Waals surface area contributed by atoms with E-state index in [0.29, 0.717) is 40.7 Å². The first-order chi connectivity index (χ1) is 15.0. The van der Waals surface area contributed by atoms with E-state index in [4.69, 9.17) is 18.9 Å². The maximum Gasteiger partial charge on any atom is 0.338 e. The Morgan fingerprint density at radius 1 is 1.06 bits per heavy atom. The standard InChI is InChI=1S/C23H26N2O6/c1-5-30-22(26)19-14(2)24-23(27)25-20(19)16-11-17(28-3)21(18(12-16)29-4)31-13-15-9-7-6-8-10-15/h6-12,20H,5,13H2,1-4H3,(H2,24,25,27). The zero-order valence-corrected chi connectivity index (χ0v) is 18.0. The summed E-state index contributed by atoms with van der Waals surface area (Å²) in [5, 5.41) is 5.39. The number of ether oxygens (including phenoxy) is 4. The van der Waals surface area contributed by atoms with Gasteiger partial charge in [0.25, 0.3) is 0 Å². The van der Waals surface area contributed by atoms with E-state index in [2.05, 4.69) is 10.6 Å². The predicted octanol–water partition coefficient (Wildman–Crippen LogP) is 3.47. The maximum atomic E-state index is 12.6. The molecular formula is C23H26N2O6. The van der Waals surface area contributed by atoms with Gasteiger partial charge in [0.05, 0.1) is 32.4 Å². The molecule has 1 unspecified atom stereocenters. The molecule has 1 aliphatic heterocycles. The average molecular weight is 426 g/mol. The second kappa shape index (κ2) is 9.88. The molecule has 1 aliphatic rings. The van der Waals surface area contributed by atoms with Crippen molar-refractivity contribution in [1.29, 1.82) is 0 Å². The molecule has 0 fully saturated rings. The third-order valence-electron chi connectivity index (χ3n) is 4.81.